The number of amidine groups is 1. The van der Waals surface area contributed by atoms with Crippen molar-refractivity contribution in [1.82, 2.24) is 30.5 Å². The molecule has 0 fully saturated rings. The molecule has 0 unspecified atom stereocenters. The highest BCUT2D eigenvalue weighted by molar-refractivity contribution is 6.31. The molecule has 0 aliphatic heterocycles. The van der Waals surface area contributed by atoms with Crippen molar-refractivity contribution >= 4 is 34.7 Å². The van der Waals surface area contributed by atoms with Crippen molar-refractivity contribution < 1.29 is 19.0 Å². The van der Waals surface area contributed by atoms with Crippen molar-refractivity contribution in [3.63, 3.8) is 0 Å². The fourth-order valence-corrected chi connectivity index (χ4v) is 3.10. The number of tetrazole rings is 1. The van der Waals surface area contributed by atoms with Crippen LogP contribution in [0.1, 0.15) is 17.2 Å². The number of anilines is 1. The van der Waals surface area contributed by atoms with E-state index in [1.165, 1.54) is 22.9 Å². The molecule has 0 saturated heterocycles. The lowest BCUT2D eigenvalue weighted by molar-refractivity contribution is 0.299. The topological polar surface area (TPSA) is 136 Å². The molecule has 0 amide bonds. The van der Waals surface area contributed by atoms with Crippen molar-refractivity contribution in [2.75, 3.05) is 11.9 Å². The summed E-state index contributed by atoms with van der Waals surface area (Å²) in [6.45, 7) is 0.398. The molecule has 0 spiro atoms. The molecule has 0 radical (unpaired) electrons. The van der Waals surface area contributed by atoms with Crippen molar-refractivity contribution in [1.29, 1.82) is 0 Å². The van der Waals surface area contributed by atoms with Crippen molar-refractivity contribution in [2.45, 2.75) is 13.0 Å². The molecule has 170 valence electrons. The molecule has 2 aromatic carbocycles. The highest BCUT2D eigenvalue weighted by Crippen LogP contribution is 2.20. The Morgan fingerprint density at radius 1 is 1.18 bits per heavy atom. The van der Waals surface area contributed by atoms with Gasteiger partial charge < -0.3 is 15.3 Å². The van der Waals surface area contributed by atoms with Gasteiger partial charge in [0.05, 0.1) is 18.2 Å². The van der Waals surface area contributed by atoms with E-state index in [-0.39, 0.29) is 28.8 Å². The number of hydrogen-bond acceptors (Lipinski definition) is 9. The second kappa shape index (κ2) is 10.2. The number of ether oxygens (including phenoxy) is 1. The minimum atomic E-state index is -0.584. The molecule has 0 atom stereocenters. The number of rotatable bonds is 8. The van der Waals surface area contributed by atoms with Gasteiger partial charge in [0.2, 0.25) is 5.84 Å². The Bertz CT molecular complexity index is 1260. The van der Waals surface area contributed by atoms with Crippen LogP contribution in [0.3, 0.4) is 0 Å². The maximum Gasteiger partial charge on any atom is 0.201 e. The third-order valence-electron chi connectivity index (χ3n) is 4.38. The minimum Gasteiger partial charge on any atom is -0.493 e. The lowest BCUT2D eigenvalue weighted by atomic mass is 10.2. The lowest BCUT2D eigenvalue weighted by Gasteiger charge is -2.08. The summed E-state index contributed by atoms with van der Waals surface area (Å²) in [6.07, 6.45) is 0.406. The van der Waals surface area contributed by atoms with Gasteiger partial charge in [0.1, 0.15) is 17.3 Å². The molecule has 33 heavy (non-hydrogen) atoms. The van der Waals surface area contributed by atoms with E-state index in [1.807, 2.05) is 0 Å². The third-order valence-corrected chi connectivity index (χ3v) is 4.92. The van der Waals surface area contributed by atoms with Gasteiger partial charge in [0.25, 0.3) is 0 Å². The number of halogens is 3. The first-order valence-corrected chi connectivity index (χ1v) is 10.2. The first kappa shape index (κ1) is 22.4. The van der Waals surface area contributed by atoms with Gasteiger partial charge in [-0.25, -0.2) is 13.7 Å². The van der Waals surface area contributed by atoms with Crippen LogP contribution in [0.5, 0.6) is 5.75 Å². The minimum absolute atomic E-state index is 0.0764. The maximum atomic E-state index is 13.4. The summed E-state index contributed by atoms with van der Waals surface area (Å²) >= 11 is 11.7. The Hall–Kier alpha value is -3.77. The second-order valence-corrected chi connectivity index (χ2v) is 7.41. The average molecular weight is 493 g/mol. The molecule has 4 rings (SSSR count). The van der Waals surface area contributed by atoms with Gasteiger partial charge in [-0.05, 0) is 58.0 Å². The van der Waals surface area contributed by atoms with E-state index < -0.39 is 5.82 Å². The SMILES string of the molecule is O/N=C(\Nc1ccc(F)c(Cl)c1)c1nonc1Cn1nnnc1CCOc1ccc(Cl)cc1. The maximum absolute atomic E-state index is 13.4. The molecule has 0 aliphatic rings. The Morgan fingerprint density at radius 3 is 2.76 bits per heavy atom. The van der Waals surface area contributed by atoms with Crippen molar-refractivity contribution in [3.8, 4) is 5.75 Å². The fourth-order valence-electron chi connectivity index (χ4n) is 2.79. The summed E-state index contributed by atoms with van der Waals surface area (Å²) < 4.78 is 25.4. The Morgan fingerprint density at radius 2 is 2.00 bits per heavy atom. The normalized spacial score (nSPS) is 11.5. The number of nitrogens with one attached hydrogen (secondary N) is 1. The van der Waals surface area contributed by atoms with Gasteiger partial charge in [-0.3, -0.25) is 0 Å². The molecule has 2 N–H and O–H groups in total. The van der Waals surface area contributed by atoms with E-state index in [4.69, 9.17) is 32.6 Å². The molecule has 11 nitrogen and oxygen atoms in total. The van der Waals surface area contributed by atoms with Gasteiger partial charge >= 0.3 is 0 Å². The van der Waals surface area contributed by atoms with Crippen LogP contribution in [0.4, 0.5) is 10.1 Å². The van der Waals surface area contributed by atoms with Gasteiger partial charge in [0.15, 0.2) is 11.5 Å². The van der Waals surface area contributed by atoms with Crippen molar-refractivity contribution in [2.24, 2.45) is 5.16 Å². The zero-order chi connectivity index (χ0) is 23.2. The largest absolute Gasteiger partial charge is 0.493 e. The number of benzene rings is 2. The van der Waals surface area contributed by atoms with Gasteiger partial charge in [-0.2, -0.15) is 0 Å². The number of oxime groups is 1. The molecule has 0 saturated carbocycles. The molecule has 2 aromatic heterocycles. The standard InChI is InChI=1S/C19H15Cl2FN8O3/c20-11-1-4-13(5-2-11)32-8-7-17-24-28-29-30(17)10-16-18(27-33-26-16)19(25-31)23-12-3-6-15(22)14(21)9-12/h1-6,9,31H,7-8,10H2,(H,23,25). The van der Waals surface area contributed by atoms with Crippen LogP contribution in [0.15, 0.2) is 52.2 Å². The van der Waals surface area contributed by atoms with E-state index in [2.05, 4.69) is 36.3 Å². The van der Waals surface area contributed by atoms with E-state index in [9.17, 15) is 9.60 Å². The number of nitrogens with zero attached hydrogens (tertiary/aromatic N) is 7. The smallest absolute Gasteiger partial charge is 0.201 e. The van der Waals surface area contributed by atoms with Gasteiger partial charge in [-0.15, -0.1) is 5.10 Å². The monoisotopic (exact) mass is 492 g/mol. The van der Waals surface area contributed by atoms with Crippen LogP contribution in [-0.2, 0) is 13.0 Å². The van der Waals surface area contributed by atoms with E-state index in [0.29, 0.717) is 35.3 Å². The zero-order valence-electron chi connectivity index (χ0n) is 16.7. The second-order valence-electron chi connectivity index (χ2n) is 6.57. The van der Waals surface area contributed by atoms with E-state index in [1.54, 1.807) is 24.3 Å². The van der Waals surface area contributed by atoms with E-state index in [0.717, 1.165) is 0 Å². The third kappa shape index (κ3) is 5.54. The van der Waals surface area contributed by atoms with Crippen LogP contribution in [-0.4, -0.2) is 48.2 Å². The van der Waals surface area contributed by atoms with Crippen LogP contribution in [0.25, 0.3) is 0 Å². The Kier molecular flexibility index (Phi) is 6.95. The summed E-state index contributed by atoms with van der Waals surface area (Å²) in [5.74, 6) is 0.519. The highest BCUT2D eigenvalue weighted by Gasteiger charge is 2.20. The number of aromatic nitrogens is 6. The molecule has 0 bridgehead atoms. The summed E-state index contributed by atoms with van der Waals surface area (Å²) in [5, 5.41) is 35.2. The first-order valence-electron chi connectivity index (χ1n) is 9.43. The van der Waals surface area contributed by atoms with Gasteiger partial charge in [0, 0.05) is 17.1 Å². The first-order chi connectivity index (χ1) is 16.0. The highest BCUT2D eigenvalue weighted by atomic mass is 35.5. The molecule has 4 aromatic rings. The van der Waals surface area contributed by atoms with Gasteiger partial charge in [-0.1, -0.05) is 33.5 Å². The fraction of sp³-hybridized carbons (Fsp3) is 0.158. The van der Waals surface area contributed by atoms with Crippen LogP contribution < -0.4 is 10.1 Å². The Balaban J connectivity index is 1.43. The average Bonchev–Trinajstić information content (AvgIpc) is 3.46. The van der Waals surface area contributed by atoms with E-state index >= 15 is 0 Å². The predicted molar refractivity (Wildman–Crippen MR) is 115 cm³/mol. The summed E-state index contributed by atoms with van der Waals surface area (Å²) in [4.78, 5) is 0. The van der Waals surface area contributed by atoms with Crippen molar-refractivity contribution in [3.05, 3.63) is 75.5 Å². The molecular weight excluding hydrogens is 478 g/mol. The summed E-state index contributed by atoms with van der Waals surface area (Å²) in [5.41, 5.74) is 0.762. The summed E-state index contributed by atoms with van der Waals surface area (Å²) in [7, 11) is 0. The molecule has 2 heterocycles. The van der Waals surface area contributed by atoms with Crippen LogP contribution in [0.2, 0.25) is 10.0 Å². The molecular formula is C19H15Cl2FN8O3. The quantitative estimate of drug-likeness (QED) is 0.164. The molecule has 0 aliphatic carbocycles. The number of hydrogen-bond donors (Lipinski definition) is 2. The van der Waals surface area contributed by atoms with Crippen LogP contribution in [0, 0.1) is 5.82 Å². The molecule has 14 heteroatoms. The lowest BCUT2D eigenvalue weighted by Crippen LogP contribution is -2.18. The van der Waals surface area contributed by atoms with Crippen LogP contribution >= 0.6 is 23.2 Å². The Labute approximate surface area is 195 Å². The predicted octanol–water partition coefficient (Wildman–Crippen LogP) is 3.42. The zero-order valence-corrected chi connectivity index (χ0v) is 18.2. The summed E-state index contributed by atoms with van der Waals surface area (Å²) in [6, 6.07) is 10.9.